The van der Waals surface area contributed by atoms with E-state index in [0.717, 1.165) is 16.0 Å². The Hall–Kier alpha value is -3.00. The molecule has 1 amide bonds. The van der Waals surface area contributed by atoms with E-state index in [4.69, 9.17) is 32.7 Å². The van der Waals surface area contributed by atoms with Crippen LogP contribution in [0.5, 0.6) is 11.5 Å². The molecule has 0 spiro atoms. The molecule has 2 aromatic carbocycles. The maximum atomic E-state index is 13.3. The average molecular weight is 532 g/mol. The van der Waals surface area contributed by atoms with Crippen LogP contribution in [0, 0.1) is 6.92 Å². The fraction of sp³-hybridized carbons (Fsp3) is 0.231. The predicted octanol–water partition coefficient (Wildman–Crippen LogP) is 6.04. The molecule has 0 bridgehead atoms. The highest BCUT2D eigenvalue weighted by atomic mass is 35.5. The Kier molecular flexibility index (Phi) is 7.40. The number of benzene rings is 2. The highest BCUT2D eigenvalue weighted by Gasteiger charge is 2.47. The van der Waals surface area contributed by atoms with Crippen LogP contribution in [-0.4, -0.2) is 42.5 Å². The van der Waals surface area contributed by atoms with Gasteiger partial charge in [-0.3, -0.25) is 9.59 Å². The third-order valence-corrected chi connectivity index (χ3v) is 7.59. The van der Waals surface area contributed by atoms with Crippen molar-refractivity contribution in [3.63, 3.8) is 0 Å². The second-order valence-electron chi connectivity index (χ2n) is 8.02. The summed E-state index contributed by atoms with van der Waals surface area (Å²) < 4.78 is 10.7. The van der Waals surface area contributed by atoms with E-state index in [2.05, 4.69) is 0 Å². The molecule has 3 aromatic rings. The summed E-state index contributed by atoms with van der Waals surface area (Å²) >= 11 is 13.7. The molecule has 35 heavy (non-hydrogen) atoms. The molecule has 1 N–H and O–H groups in total. The molecule has 2 heterocycles. The number of ketones is 1. The van der Waals surface area contributed by atoms with E-state index < -0.39 is 17.7 Å². The van der Waals surface area contributed by atoms with Crippen LogP contribution in [0.15, 0.2) is 53.4 Å². The minimum absolute atomic E-state index is 0.00353. The topological polar surface area (TPSA) is 76.1 Å². The summed E-state index contributed by atoms with van der Waals surface area (Å²) in [5.41, 5.74) is 2.09. The zero-order valence-electron chi connectivity index (χ0n) is 19.3. The number of thiophene rings is 1. The molecule has 0 aliphatic carbocycles. The van der Waals surface area contributed by atoms with Crippen LogP contribution >= 0.6 is 34.5 Å². The standard InChI is InChI=1S/C26H23Cl2NO5S/c1-14-9-11-35-25(14)22-21(23(30)17-12-18(28)20(34-3)13-19(17)33-2)24(31)26(32)29(22)10-8-15-4-6-16(27)7-5-15/h4-7,9,11-13,22,30H,8,10H2,1-3H3/b23-21+. The van der Waals surface area contributed by atoms with E-state index in [9.17, 15) is 14.7 Å². The summed E-state index contributed by atoms with van der Waals surface area (Å²) in [6, 6.07) is 11.5. The lowest BCUT2D eigenvalue weighted by molar-refractivity contribution is -0.139. The van der Waals surface area contributed by atoms with Crippen LogP contribution in [0.25, 0.3) is 5.76 Å². The molecule has 0 radical (unpaired) electrons. The molecule has 1 atom stereocenters. The van der Waals surface area contributed by atoms with E-state index in [1.54, 1.807) is 12.1 Å². The van der Waals surface area contributed by atoms with Gasteiger partial charge in [0, 0.05) is 22.5 Å². The molecule has 1 aromatic heterocycles. The van der Waals surface area contributed by atoms with Gasteiger partial charge in [0.05, 0.1) is 36.4 Å². The highest BCUT2D eigenvalue weighted by molar-refractivity contribution is 7.10. The van der Waals surface area contributed by atoms with Crippen LogP contribution in [0.4, 0.5) is 0 Å². The van der Waals surface area contributed by atoms with Crippen LogP contribution in [0.2, 0.25) is 10.0 Å². The number of aryl methyl sites for hydroxylation is 1. The summed E-state index contributed by atoms with van der Waals surface area (Å²) in [5, 5.41) is 14.1. The van der Waals surface area contributed by atoms with Gasteiger partial charge in [-0.2, -0.15) is 0 Å². The second-order valence-corrected chi connectivity index (χ2v) is 9.82. The lowest BCUT2D eigenvalue weighted by Gasteiger charge is -2.25. The smallest absolute Gasteiger partial charge is 0.295 e. The van der Waals surface area contributed by atoms with Crippen LogP contribution in [0.3, 0.4) is 0 Å². The first-order valence-corrected chi connectivity index (χ1v) is 12.4. The molecule has 9 heteroatoms. The van der Waals surface area contributed by atoms with Crippen molar-refractivity contribution >= 4 is 52.0 Å². The van der Waals surface area contributed by atoms with Crippen molar-refractivity contribution in [3.8, 4) is 11.5 Å². The van der Waals surface area contributed by atoms with E-state index in [1.807, 2.05) is 30.5 Å². The normalized spacial score (nSPS) is 17.2. The van der Waals surface area contributed by atoms with Crippen molar-refractivity contribution in [2.24, 2.45) is 0 Å². The minimum Gasteiger partial charge on any atom is -0.507 e. The van der Waals surface area contributed by atoms with Gasteiger partial charge in [0.1, 0.15) is 17.3 Å². The van der Waals surface area contributed by atoms with Crippen molar-refractivity contribution in [1.82, 2.24) is 4.90 Å². The monoisotopic (exact) mass is 531 g/mol. The number of ether oxygens (including phenoxy) is 2. The Morgan fingerprint density at radius 3 is 2.34 bits per heavy atom. The van der Waals surface area contributed by atoms with Gasteiger partial charge in [0.25, 0.3) is 11.7 Å². The Morgan fingerprint density at radius 1 is 1.06 bits per heavy atom. The summed E-state index contributed by atoms with van der Waals surface area (Å²) in [4.78, 5) is 28.8. The maximum Gasteiger partial charge on any atom is 0.295 e. The van der Waals surface area contributed by atoms with Crippen molar-refractivity contribution in [2.45, 2.75) is 19.4 Å². The third kappa shape index (κ3) is 4.76. The number of methoxy groups -OCH3 is 2. The summed E-state index contributed by atoms with van der Waals surface area (Å²) in [6.07, 6.45) is 0.517. The maximum absolute atomic E-state index is 13.3. The first kappa shape index (κ1) is 25.1. The predicted molar refractivity (Wildman–Crippen MR) is 138 cm³/mol. The zero-order valence-corrected chi connectivity index (χ0v) is 21.6. The molecule has 1 fully saturated rings. The summed E-state index contributed by atoms with van der Waals surface area (Å²) in [5.74, 6) is -1.16. The van der Waals surface area contributed by atoms with Crippen LogP contribution in [0.1, 0.15) is 27.6 Å². The molecule has 1 unspecified atom stereocenters. The van der Waals surface area contributed by atoms with E-state index in [-0.39, 0.29) is 34.2 Å². The molecule has 4 rings (SSSR count). The highest BCUT2D eigenvalue weighted by Crippen LogP contribution is 2.45. The van der Waals surface area contributed by atoms with Crippen molar-refractivity contribution < 1.29 is 24.2 Å². The largest absolute Gasteiger partial charge is 0.507 e. The molecule has 1 aliphatic heterocycles. The van der Waals surface area contributed by atoms with Crippen molar-refractivity contribution in [1.29, 1.82) is 0 Å². The SMILES string of the molecule is COc1cc(OC)c(/C(O)=C2\C(=O)C(=O)N(CCc3ccc(Cl)cc3)C2c2sccc2C)cc1Cl. The Morgan fingerprint density at radius 2 is 1.74 bits per heavy atom. The first-order chi connectivity index (χ1) is 16.8. The average Bonchev–Trinajstić information content (AvgIpc) is 3.38. The fourth-order valence-electron chi connectivity index (χ4n) is 4.14. The zero-order chi connectivity index (χ0) is 25.3. The molecule has 1 saturated heterocycles. The number of nitrogens with zero attached hydrogens (tertiary/aromatic N) is 1. The third-order valence-electron chi connectivity index (χ3n) is 5.97. The molecule has 182 valence electrons. The van der Waals surface area contributed by atoms with Crippen LogP contribution in [-0.2, 0) is 16.0 Å². The second kappa shape index (κ2) is 10.3. The molecular formula is C26H23Cl2NO5S. The summed E-state index contributed by atoms with van der Waals surface area (Å²) in [6.45, 7) is 2.20. The number of aliphatic hydroxyl groups excluding tert-OH is 1. The van der Waals surface area contributed by atoms with Crippen LogP contribution < -0.4 is 9.47 Å². The van der Waals surface area contributed by atoms with Gasteiger partial charge in [-0.1, -0.05) is 35.3 Å². The number of Topliss-reactive ketones (excluding diaryl/α,β-unsaturated/α-hetero) is 1. The van der Waals surface area contributed by atoms with Gasteiger partial charge < -0.3 is 19.5 Å². The Balaban J connectivity index is 1.82. The molecule has 0 saturated carbocycles. The number of rotatable bonds is 7. The van der Waals surface area contributed by atoms with Crippen molar-refractivity contribution in [2.75, 3.05) is 20.8 Å². The van der Waals surface area contributed by atoms with Crippen molar-refractivity contribution in [3.05, 3.63) is 85.0 Å². The Bertz CT molecular complexity index is 1320. The van der Waals surface area contributed by atoms with E-state index in [1.165, 1.54) is 42.6 Å². The summed E-state index contributed by atoms with van der Waals surface area (Å²) in [7, 11) is 2.90. The number of hydrogen-bond acceptors (Lipinski definition) is 6. The molecule has 1 aliphatic rings. The van der Waals surface area contributed by atoms with E-state index in [0.29, 0.717) is 17.2 Å². The van der Waals surface area contributed by atoms with E-state index >= 15 is 0 Å². The quantitative estimate of drug-likeness (QED) is 0.228. The Labute approximate surface area is 217 Å². The number of carbonyl (C=O) groups is 2. The molecular weight excluding hydrogens is 509 g/mol. The fourth-order valence-corrected chi connectivity index (χ4v) is 5.55. The number of amides is 1. The lowest BCUT2D eigenvalue weighted by atomic mass is 9.97. The van der Waals surface area contributed by atoms with Gasteiger partial charge in [0.15, 0.2) is 0 Å². The van der Waals surface area contributed by atoms with Gasteiger partial charge in [-0.05, 0) is 54.1 Å². The lowest BCUT2D eigenvalue weighted by Crippen LogP contribution is -2.31. The van der Waals surface area contributed by atoms with Gasteiger partial charge in [-0.25, -0.2) is 0 Å². The van der Waals surface area contributed by atoms with Gasteiger partial charge in [-0.15, -0.1) is 11.3 Å². The number of hydrogen-bond donors (Lipinski definition) is 1. The van der Waals surface area contributed by atoms with Gasteiger partial charge in [0.2, 0.25) is 0 Å². The molecule has 6 nitrogen and oxygen atoms in total. The minimum atomic E-state index is -0.759. The number of likely N-dealkylation sites (tertiary alicyclic amines) is 1. The number of carbonyl (C=O) groups excluding carboxylic acids is 2. The van der Waals surface area contributed by atoms with Gasteiger partial charge >= 0.3 is 0 Å². The first-order valence-electron chi connectivity index (χ1n) is 10.8. The number of aliphatic hydroxyl groups is 1. The number of halogens is 2.